The van der Waals surface area contributed by atoms with E-state index in [1.807, 2.05) is 6.07 Å². The molecule has 0 amide bonds. The Morgan fingerprint density at radius 2 is 1.79 bits per heavy atom. The Morgan fingerprint density at radius 3 is 2.47 bits per heavy atom. The van der Waals surface area contributed by atoms with Crippen molar-refractivity contribution in [3.8, 4) is 6.07 Å². The van der Waals surface area contributed by atoms with Crippen molar-refractivity contribution in [3.63, 3.8) is 0 Å². The molecule has 0 spiro atoms. The lowest BCUT2D eigenvalue weighted by molar-refractivity contribution is 0.623. The maximum atomic E-state index is 14.0. The van der Waals surface area contributed by atoms with Gasteiger partial charge in [-0.05, 0) is 62.2 Å². The van der Waals surface area contributed by atoms with Gasteiger partial charge in [0.15, 0.2) is 5.82 Å². The second-order valence-corrected chi connectivity index (χ2v) is 5.30. The first-order valence-corrected chi connectivity index (χ1v) is 6.71. The van der Waals surface area contributed by atoms with Crippen LogP contribution >= 0.6 is 31.9 Å². The van der Waals surface area contributed by atoms with Crippen LogP contribution in [0.3, 0.4) is 0 Å². The molecule has 19 heavy (non-hydrogen) atoms. The number of hydrogen-bond donors (Lipinski definition) is 1. The summed E-state index contributed by atoms with van der Waals surface area (Å²) in [5.74, 6) is -1.03. The molecule has 96 valence electrons. The molecule has 0 aliphatic carbocycles. The van der Waals surface area contributed by atoms with E-state index in [0.717, 1.165) is 0 Å². The van der Waals surface area contributed by atoms with Crippen LogP contribution in [0.25, 0.3) is 0 Å². The van der Waals surface area contributed by atoms with Gasteiger partial charge in [0.2, 0.25) is 0 Å². The second kappa shape index (κ2) is 5.68. The van der Waals surface area contributed by atoms with Gasteiger partial charge in [0.05, 0.1) is 21.4 Å². The summed E-state index contributed by atoms with van der Waals surface area (Å²) in [5.41, 5.74) is 0.744. The number of nitrogens with zero attached hydrogens (tertiary/aromatic N) is 1. The fourth-order valence-electron chi connectivity index (χ4n) is 1.47. The van der Waals surface area contributed by atoms with Gasteiger partial charge in [-0.2, -0.15) is 5.26 Å². The number of nitriles is 1. The van der Waals surface area contributed by atoms with Gasteiger partial charge in [0.1, 0.15) is 11.9 Å². The van der Waals surface area contributed by atoms with Crippen LogP contribution in [0.4, 0.5) is 20.2 Å². The van der Waals surface area contributed by atoms with Gasteiger partial charge < -0.3 is 5.32 Å². The van der Waals surface area contributed by atoms with Crippen LogP contribution in [0.15, 0.2) is 39.3 Å². The molecule has 0 aliphatic heterocycles. The minimum absolute atomic E-state index is 0.0764. The first-order valence-electron chi connectivity index (χ1n) is 5.13. The topological polar surface area (TPSA) is 35.8 Å². The molecule has 0 bridgehead atoms. The molecule has 0 fully saturated rings. The van der Waals surface area contributed by atoms with Crippen molar-refractivity contribution >= 4 is 43.2 Å². The van der Waals surface area contributed by atoms with Gasteiger partial charge in [-0.25, -0.2) is 8.78 Å². The molecule has 0 heterocycles. The molecule has 2 rings (SSSR count). The average molecular weight is 388 g/mol. The first-order chi connectivity index (χ1) is 9.02. The van der Waals surface area contributed by atoms with Crippen molar-refractivity contribution in [2.45, 2.75) is 0 Å². The zero-order valence-corrected chi connectivity index (χ0v) is 12.5. The first kappa shape index (κ1) is 14.0. The van der Waals surface area contributed by atoms with Crippen molar-refractivity contribution in [1.29, 1.82) is 5.26 Å². The quantitative estimate of drug-likeness (QED) is 0.777. The molecule has 0 saturated carbocycles. The van der Waals surface area contributed by atoms with Gasteiger partial charge in [0, 0.05) is 4.47 Å². The van der Waals surface area contributed by atoms with E-state index in [2.05, 4.69) is 37.2 Å². The standard InChI is InChI=1S/C13H6Br2F2N2/c14-9-3-2-8(16)5-11(9)19-10-4-1-7(6-18)12(15)13(10)17/h1-5,19H. The molecule has 0 aromatic heterocycles. The summed E-state index contributed by atoms with van der Waals surface area (Å²) >= 11 is 6.26. The van der Waals surface area contributed by atoms with E-state index in [0.29, 0.717) is 10.2 Å². The number of nitrogens with one attached hydrogen (secondary N) is 1. The Balaban J connectivity index is 2.42. The van der Waals surface area contributed by atoms with Crippen molar-refractivity contribution in [1.82, 2.24) is 0 Å². The number of benzene rings is 2. The summed E-state index contributed by atoms with van der Waals surface area (Å²) in [4.78, 5) is 0. The second-order valence-electron chi connectivity index (χ2n) is 3.65. The van der Waals surface area contributed by atoms with Crippen molar-refractivity contribution in [2.24, 2.45) is 0 Å². The predicted octanol–water partition coefficient (Wildman–Crippen LogP) is 5.11. The summed E-state index contributed by atoms with van der Waals surface area (Å²) < 4.78 is 27.8. The SMILES string of the molecule is N#Cc1ccc(Nc2cc(F)ccc2Br)c(F)c1Br. The molecule has 0 saturated heterocycles. The van der Waals surface area contributed by atoms with E-state index in [-0.39, 0.29) is 15.7 Å². The van der Waals surface area contributed by atoms with Crippen molar-refractivity contribution < 1.29 is 8.78 Å². The number of anilines is 2. The molecule has 0 unspecified atom stereocenters. The highest BCUT2D eigenvalue weighted by molar-refractivity contribution is 9.11. The van der Waals surface area contributed by atoms with Gasteiger partial charge in [-0.15, -0.1) is 0 Å². The highest BCUT2D eigenvalue weighted by Gasteiger charge is 2.12. The van der Waals surface area contributed by atoms with Crippen LogP contribution in [-0.2, 0) is 0 Å². The molecule has 1 N–H and O–H groups in total. The van der Waals surface area contributed by atoms with E-state index < -0.39 is 11.6 Å². The van der Waals surface area contributed by atoms with Crippen LogP contribution in [-0.4, -0.2) is 0 Å². The molecule has 2 aromatic carbocycles. The van der Waals surface area contributed by atoms with E-state index in [4.69, 9.17) is 5.26 Å². The fourth-order valence-corrected chi connectivity index (χ4v) is 2.25. The van der Waals surface area contributed by atoms with Crippen LogP contribution in [0, 0.1) is 23.0 Å². The molecule has 6 heteroatoms. The lowest BCUT2D eigenvalue weighted by Crippen LogP contribution is -1.97. The number of hydrogen-bond acceptors (Lipinski definition) is 2. The highest BCUT2D eigenvalue weighted by Crippen LogP contribution is 2.31. The maximum absolute atomic E-state index is 14.0. The van der Waals surface area contributed by atoms with E-state index >= 15 is 0 Å². The Labute approximate surface area is 125 Å². The Bertz CT molecular complexity index is 681. The minimum Gasteiger partial charge on any atom is -0.352 e. The molecule has 0 atom stereocenters. The van der Waals surface area contributed by atoms with Crippen LogP contribution < -0.4 is 5.32 Å². The maximum Gasteiger partial charge on any atom is 0.162 e. The third-order valence-electron chi connectivity index (χ3n) is 2.40. The Kier molecular flexibility index (Phi) is 4.17. The number of halogens is 4. The highest BCUT2D eigenvalue weighted by atomic mass is 79.9. The van der Waals surface area contributed by atoms with Gasteiger partial charge in [-0.1, -0.05) is 0 Å². The normalized spacial score (nSPS) is 10.1. The molecule has 2 nitrogen and oxygen atoms in total. The van der Waals surface area contributed by atoms with Crippen molar-refractivity contribution in [2.75, 3.05) is 5.32 Å². The zero-order chi connectivity index (χ0) is 14.0. The third kappa shape index (κ3) is 2.94. The lowest BCUT2D eigenvalue weighted by Gasteiger charge is -2.11. The summed E-state index contributed by atoms with van der Waals surface area (Å²) in [7, 11) is 0. The van der Waals surface area contributed by atoms with Crippen LogP contribution in [0.2, 0.25) is 0 Å². The van der Waals surface area contributed by atoms with E-state index in [9.17, 15) is 8.78 Å². The predicted molar refractivity (Wildman–Crippen MR) is 76.2 cm³/mol. The summed E-state index contributed by atoms with van der Waals surface area (Å²) in [5, 5.41) is 11.6. The summed E-state index contributed by atoms with van der Waals surface area (Å²) in [6.07, 6.45) is 0. The fraction of sp³-hybridized carbons (Fsp3) is 0. The van der Waals surface area contributed by atoms with Crippen LogP contribution in [0.1, 0.15) is 5.56 Å². The smallest absolute Gasteiger partial charge is 0.162 e. The zero-order valence-electron chi connectivity index (χ0n) is 9.35. The molecular weight excluding hydrogens is 382 g/mol. The Morgan fingerprint density at radius 1 is 1.05 bits per heavy atom. The molecular formula is C13H6Br2F2N2. The van der Waals surface area contributed by atoms with Crippen molar-refractivity contribution in [3.05, 3.63) is 56.5 Å². The lowest BCUT2D eigenvalue weighted by atomic mass is 10.2. The van der Waals surface area contributed by atoms with Gasteiger partial charge >= 0.3 is 0 Å². The monoisotopic (exact) mass is 386 g/mol. The van der Waals surface area contributed by atoms with Gasteiger partial charge in [-0.3, -0.25) is 0 Å². The average Bonchev–Trinajstić information content (AvgIpc) is 2.39. The minimum atomic E-state index is -0.602. The van der Waals surface area contributed by atoms with Gasteiger partial charge in [0.25, 0.3) is 0 Å². The van der Waals surface area contributed by atoms with E-state index in [1.165, 1.54) is 30.3 Å². The van der Waals surface area contributed by atoms with E-state index in [1.54, 1.807) is 0 Å². The largest absolute Gasteiger partial charge is 0.352 e. The summed E-state index contributed by atoms with van der Waals surface area (Å²) in [6, 6.07) is 8.82. The molecule has 2 aromatic rings. The Hall–Kier alpha value is -1.45. The molecule has 0 aliphatic rings. The molecule has 0 radical (unpaired) electrons. The third-order valence-corrected chi connectivity index (χ3v) is 3.87. The number of rotatable bonds is 2. The summed E-state index contributed by atoms with van der Waals surface area (Å²) in [6.45, 7) is 0. The van der Waals surface area contributed by atoms with Crippen LogP contribution in [0.5, 0.6) is 0 Å².